The number of amides is 1. The molecule has 8 nitrogen and oxygen atoms in total. The third-order valence-electron chi connectivity index (χ3n) is 3.93. The fourth-order valence-corrected chi connectivity index (χ4v) is 2.50. The lowest BCUT2D eigenvalue weighted by atomic mass is 10.1. The van der Waals surface area contributed by atoms with Crippen LogP contribution in [-0.2, 0) is 17.9 Å². The van der Waals surface area contributed by atoms with E-state index in [-0.39, 0.29) is 18.1 Å². The van der Waals surface area contributed by atoms with Crippen LogP contribution in [0.15, 0.2) is 24.4 Å². The summed E-state index contributed by atoms with van der Waals surface area (Å²) in [5, 5.41) is 19.8. The van der Waals surface area contributed by atoms with E-state index in [1.807, 2.05) is 25.1 Å². The van der Waals surface area contributed by atoms with Crippen molar-refractivity contribution in [1.29, 1.82) is 0 Å². The maximum absolute atomic E-state index is 11.9. The van der Waals surface area contributed by atoms with Crippen LogP contribution in [0.5, 0.6) is 0 Å². The summed E-state index contributed by atoms with van der Waals surface area (Å²) in [6, 6.07) is 6.00. The Morgan fingerprint density at radius 1 is 1.33 bits per heavy atom. The molecule has 0 bridgehead atoms. The third kappa shape index (κ3) is 3.12. The first-order chi connectivity index (χ1) is 11.4. The van der Waals surface area contributed by atoms with Crippen molar-refractivity contribution < 1.29 is 14.7 Å². The molecule has 0 aliphatic carbocycles. The Kier molecular flexibility index (Phi) is 4.03. The molecule has 2 heterocycles. The molecule has 0 saturated heterocycles. The van der Waals surface area contributed by atoms with Crippen molar-refractivity contribution >= 4 is 22.8 Å². The first-order valence-electron chi connectivity index (χ1n) is 7.42. The van der Waals surface area contributed by atoms with Gasteiger partial charge in [0.1, 0.15) is 6.54 Å². The van der Waals surface area contributed by atoms with Crippen molar-refractivity contribution in [3.8, 4) is 0 Å². The molecule has 0 radical (unpaired) electrons. The smallest absolute Gasteiger partial charge is 0.358 e. The molecule has 0 atom stereocenters. The number of hydrogen-bond acceptors (Lipinski definition) is 4. The fourth-order valence-electron chi connectivity index (χ4n) is 2.50. The zero-order chi connectivity index (χ0) is 17.3. The van der Waals surface area contributed by atoms with Crippen molar-refractivity contribution in [3.05, 3.63) is 46.9 Å². The highest BCUT2D eigenvalue weighted by Crippen LogP contribution is 2.22. The lowest BCUT2D eigenvalue weighted by Gasteiger charge is -2.06. The van der Waals surface area contributed by atoms with Crippen LogP contribution >= 0.6 is 0 Å². The van der Waals surface area contributed by atoms with Gasteiger partial charge in [-0.1, -0.05) is 11.3 Å². The highest BCUT2D eigenvalue weighted by Gasteiger charge is 2.11. The van der Waals surface area contributed by atoms with Gasteiger partial charge >= 0.3 is 5.97 Å². The second-order valence-corrected chi connectivity index (χ2v) is 5.64. The van der Waals surface area contributed by atoms with Gasteiger partial charge in [0.15, 0.2) is 5.69 Å². The molecule has 0 fully saturated rings. The number of benzene rings is 1. The molecule has 0 saturated carbocycles. The molecular formula is C16H17N5O3. The lowest BCUT2D eigenvalue weighted by Crippen LogP contribution is -2.27. The molecule has 24 heavy (non-hydrogen) atoms. The summed E-state index contributed by atoms with van der Waals surface area (Å²) in [7, 11) is 0. The van der Waals surface area contributed by atoms with Gasteiger partial charge in [0, 0.05) is 23.1 Å². The summed E-state index contributed by atoms with van der Waals surface area (Å²) >= 11 is 0. The summed E-state index contributed by atoms with van der Waals surface area (Å²) in [4.78, 5) is 26.0. The molecule has 3 rings (SSSR count). The van der Waals surface area contributed by atoms with Gasteiger partial charge < -0.3 is 15.4 Å². The van der Waals surface area contributed by atoms with Gasteiger partial charge in [-0.2, -0.15) is 0 Å². The predicted octanol–water partition coefficient (Wildman–Crippen LogP) is 1.39. The number of aromatic nitrogens is 4. The Balaban J connectivity index is 1.63. The van der Waals surface area contributed by atoms with E-state index in [2.05, 4.69) is 27.5 Å². The Hall–Kier alpha value is -3.16. The van der Waals surface area contributed by atoms with Crippen LogP contribution in [0.2, 0.25) is 0 Å². The molecular weight excluding hydrogens is 310 g/mol. The second-order valence-electron chi connectivity index (χ2n) is 5.64. The summed E-state index contributed by atoms with van der Waals surface area (Å²) in [5.74, 6) is -1.44. The molecule has 0 spiro atoms. The first-order valence-corrected chi connectivity index (χ1v) is 7.42. The van der Waals surface area contributed by atoms with Gasteiger partial charge in [0.2, 0.25) is 5.91 Å². The zero-order valence-electron chi connectivity index (χ0n) is 13.3. The third-order valence-corrected chi connectivity index (χ3v) is 3.93. The number of nitrogens with one attached hydrogen (secondary N) is 2. The van der Waals surface area contributed by atoms with Gasteiger partial charge in [-0.3, -0.25) is 4.79 Å². The molecule has 1 amide bonds. The number of fused-ring (bicyclic) bond motifs is 1. The summed E-state index contributed by atoms with van der Waals surface area (Å²) in [6.45, 7) is 4.39. The van der Waals surface area contributed by atoms with E-state index in [0.29, 0.717) is 6.54 Å². The van der Waals surface area contributed by atoms with E-state index in [0.717, 1.165) is 22.2 Å². The van der Waals surface area contributed by atoms with Gasteiger partial charge in [-0.05, 0) is 37.1 Å². The number of carboxylic acid groups (broad SMARTS) is 1. The van der Waals surface area contributed by atoms with Crippen LogP contribution in [0, 0.1) is 13.8 Å². The Labute approximate surface area is 137 Å². The van der Waals surface area contributed by atoms with E-state index in [9.17, 15) is 9.59 Å². The number of H-pyrrole nitrogens is 1. The number of carbonyl (C=O) groups excluding carboxylic acids is 1. The van der Waals surface area contributed by atoms with Crippen LogP contribution in [0.4, 0.5) is 0 Å². The average molecular weight is 327 g/mol. The van der Waals surface area contributed by atoms with Crippen molar-refractivity contribution in [2.45, 2.75) is 26.9 Å². The number of carboxylic acids is 1. The Morgan fingerprint density at radius 2 is 2.12 bits per heavy atom. The van der Waals surface area contributed by atoms with E-state index in [1.165, 1.54) is 16.4 Å². The van der Waals surface area contributed by atoms with E-state index >= 15 is 0 Å². The molecule has 1 aromatic carbocycles. The quantitative estimate of drug-likeness (QED) is 0.655. The van der Waals surface area contributed by atoms with Crippen molar-refractivity contribution in [2.75, 3.05) is 0 Å². The first kappa shape index (κ1) is 15.7. The van der Waals surface area contributed by atoms with Crippen LogP contribution in [0.25, 0.3) is 10.9 Å². The van der Waals surface area contributed by atoms with Gasteiger partial charge in [0.25, 0.3) is 0 Å². The maximum Gasteiger partial charge on any atom is 0.358 e. The van der Waals surface area contributed by atoms with E-state index in [1.54, 1.807) is 0 Å². The minimum Gasteiger partial charge on any atom is -0.476 e. The Morgan fingerprint density at radius 3 is 2.83 bits per heavy atom. The van der Waals surface area contributed by atoms with Crippen LogP contribution < -0.4 is 5.32 Å². The highest BCUT2D eigenvalue weighted by atomic mass is 16.4. The highest BCUT2D eigenvalue weighted by molar-refractivity contribution is 5.85. The topological polar surface area (TPSA) is 113 Å². The number of aromatic amines is 1. The standard InChI is InChI=1S/C16H17N5O3/c1-9-10(2)18-13-4-3-11(5-12(9)13)6-17-15(22)8-21-7-14(16(23)24)19-20-21/h3-5,7,18H,6,8H2,1-2H3,(H,17,22)(H,23,24). The van der Waals surface area contributed by atoms with Crippen LogP contribution in [0.3, 0.4) is 0 Å². The molecule has 8 heteroatoms. The van der Waals surface area contributed by atoms with E-state index in [4.69, 9.17) is 5.11 Å². The van der Waals surface area contributed by atoms with Crippen molar-refractivity contribution in [1.82, 2.24) is 25.3 Å². The summed E-state index contributed by atoms with van der Waals surface area (Å²) < 4.78 is 1.20. The van der Waals surface area contributed by atoms with Crippen LogP contribution in [0.1, 0.15) is 27.3 Å². The minimum atomic E-state index is -1.17. The summed E-state index contributed by atoms with van der Waals surface area (Å²) in [6.07, 6.45) is 1.22. The minimum absolute atomic E-state index is 0.0786. The molecule has 2 aromatic heterocycles. The fraction of sp³-hybridized carbons (Fsp3) is 0.250. The van der Waals surface area contributed by atoms with Gasteiger partial charge in [-0.15, -0.1) is 5.10 Å². The van der Waals surface area contributed by atoms with Gasteiger partial charge in [0.05, 0.1) is 6.20 Å². The number of aryl methyl sites for hydroxylation is 2. The largest absolute Gasteiger partial charge is 0.476 e. The number of nitrogens with zero attached hydrogens (tertiary/aromatic N) is 3. The van der Waals surface area contributed by atoms with Crippen LogP contribution in [-0.4, -0.2) is 37.0 Å². The SMILES string of the molecule is Cc1[nH]c2ccc(CNC(=O)Cn3cc(C(=O)O)nn3)cc2c1C. The number of aromatic carboxylic acids is 1. The normalized spacial score (nSPS) is 10.9. The molecule has 3 aromatic rings. The molecule has 0 unspecified atom stereocenters. The van der Waals surface area contributed by atoms with Gasteiger partial charge in [-0.25, -0.2) is 9.48 Å². The Bertz CT molecular complexity index is 925. The lowest BCUT2D eigenvalue weighted by molar-refractivity contribution is -0.122. The molecule has 0 aliphatic rings. The van der Waals surface area contributed by atoms with Crippen molar-refractivity contribution in [3.63, 3.8) is 0 Å². The van der Waals surface area contributed by atoms with E-state index < -0.39 is 5.97 Å². The van der Waals surface area contributed by atoms with Crippen molar-refractivity contribution in [2.24, 2.45) is 0 Å². The molecule has 124 valence electrons. The summed E-state index contributed by atoms with van der Waals surface area (Å²) in [5.41, 5.74) is 4.20. The zero-order valence-corrected chi connectivity index (χ0v) is 13.3. The molecule has 3 N–H and O–H groups in total. The average Bonchev–Trinajstić information content (AvgIpc) is 3.11. The second kappa shape index (κ2) is 6.15. The monoisotopic (exact) mass is 327 g/mol. The number of hydrogen-bond donors (Lipinski definition) is 3. The maximum atomic E-state index is 11.9. The number of rotatable bonds is 5. The molecule has 0 aliphatic heterocycles. The number of carbonyl (C=O) groups is 2. The predicted molar refractivity (Wildman–Crippen MR) is 86.6 cm³/mol.